The number of carbonyl (C=O) groups is 2. The number of primary amides is 1. The molecule has 2 aromatic heterocycles. The maximum atomic E-state index is 12.8. The minimum absolute atomic E-state index is 0.107. The van der Waals surface area contributed by atoms with Crippen molar-refractivity contribution in [1.29, 1.82) is 0 Å². The number of ether oxygens (including phenoxy) is 1. The van der Waals surface area contributed by atoms with Crippen molar-refractivity contribution in [2.45, 2.75) is 26.4 Å². The van der Waals surface area contributed by atoms with Crippen molar-refractivity contribution in [2.24, 2.45) is 11.7 Å². The number of pyridine rings is 1. The molecular formula is C22H24N4O3. The normalized spacial score (nSPS) is 16.7. The molecule has 4 rings (SSSR count). The van der Waals surface area contributed by atoms with E-state index in [1.165, 1.54) is 0 Å². The van der Waals surface area contributed by atoms with E-state index in [-0.39, 0.29) is 17.7 Å². The Hall–Kier alpha value is -3.35. The summed E-state index contributed by atoms with van der Waals surface area (Å²) in [6.45, 7) is 3.35. The van der Waals surface area contributed by atoms with Crippen LogP contribution in [0.15, 0.2) is 48.8 Å². The molecule has 0 aliphatic carbocycles. The number of rotatable bonds is 5. The van der Waals surface area contributed by atoms with Crippen LogP contribution < -0.4 is 10.5 Å². The standard InChI is InChI=1S/C22H24N4O3/c1-15-7-8-20-24-18(13-26(20)11-15)14-29-19-6-2-4-16(10-19)22(28)25-9-3-5-17(12-25)21(23)27/h2,4,6-8,10-11,13,17H,3,5,9,12,14H2,1H3,(H2,23,27). The number of hydrogen-bond donors (Lipinski definition) is 1. The Kier molecular flexibility index (Phi) is 5.20. The van der Waals surface area contributed by atoms with Crippen LogP contribution in [0.4, 0.5) is 0 Å². The fourth-order valence-corrected chi connectivity index (χ4v) is 3.68. The molecule has 1 aliphatic rings. The van der Waals surface area contributed by atoms with E-state index in [1.54, 1.807) is 23.1 Å². The van der Waals surface area contributed by atoms with Gasteiger partial charge in [-0.1, -0.05) is 12.1 Å². The van der Waals surface area contributed by atoms with E-state index in [0.29, 0.717) is 31.0 Å². The van der Waals surface area contributed by atoms with Crippen LogP contribution in [0.2, 0.25) is 0 Å². The van der Waals surface area contributed by atoms with Crippen LogP contribution in [0, 0.1) is 12.8 Å². The quantitative estimate of drug-likeness (QED) is 0.723. The molecule has 2 N–H and O–H groups in total. The Bertz CT molecular complexity index is 1060. The topological polar surface area (TPSA) is 89.9 Å². The van der Waals surface area contributed by atoms with Gasteiger partial charge in [-0.25, -0.2) is 4.98 Å². The maximum absolute atomic E-state index is 12.8. The number of aryl methyl sites for hydroxylation is 1. The average Bonchev–Trinajstić information content (AvgIpc) is 3.14. The number of carbonyl (C=O) groups excluding carboxylic acids is 2. The Morgan fingerprint density at radius 3 is 2.93 bits per heavy atom. The number of aromatic nitrogens is 2. The molecule has 3 heterocycles. The van der Waals surface area contributed by atoms with Gasteiger partial charge < -0.3 is 19.8 Å². The van der Waals surface area contributed by atoms with Crippen LogP contribution in [0.5, 0.6) is 5.75 Å². The van der Waals surface area contributed by atoms with Crippen molar-refractivity contribution in [3.8, 4) is 5.75 Å². The highest BCUT2D eigenvalue weighted by Gasteiger charge is 2.27. The van der Waals surface area contributed by atoms with Crippen LogP contribution in [0.3, 0.4) is 0 Å². The van der Waals surface area contributed by atoms with Crippen molar-refractivity contribution in [3.63, 3.8) is 0 Å². The van der Waals surface area contributed by atoms with E-state index in [0.717, 1.165) is 29.7 Å². The Morgan fingerprint density at radius 1 is 1.24 bits per heavy atom. The highest BCUT2D eigenvalue weighted by Crippen LogP contribution is 2.21. The first-order valence-electron chi connectivity index (χ1n) is 9.75. The zero-order valence-corrected chi connectivity index (χ0v) is 16.4. The molecule has 7 nitrogen and oxygen atoms in total. The van der Waals surface area contributed by atoms with Crippen LogP contribution >= 0.6 is 0 Å². The summed E-state index contributed by atoms with van der Waals surface area (Å²) in [5.41, 5.74) is 8.80. The SMILES string of the molecule is Cc1ccc2nc(COc3cccc(C(=O)N4CCCC(C(N)=O)C4)c3)cn2c1. The van der Waals surface area contributed by atoms with Crippen LogP contribution in [0.1, 0.15) is 34.5 Å². The lowest BCUT2D eigenvalue weighted by Gasteiger charge is -2.31. The summed E-state index contributed by atoms with van der Waals surface area (Å²) in [5.74, 6) is -0.120. The number of fused-ring (bicyclic) bond motifs is 1. The number of likely N-dealkylation sites (tertiary alicyclic amines) is 1. The first-order valence-corrected chi connectivity index (χ1v) is 9.75. The zero-order chi connectivity index (χ0) is 20.4. The summed E-state index contributed by atoms with van der Waals surface area (Å²) in [6.07, 6.45) is 5.47. The summed E-state index contributed by atoms with van der Waals surface area (Å²) in [5, 5.41) is 0. The average molecular weight is 392 g/mol. The van der Waals surface area contributed by atoms with Crippen molar-refractivity contribution < 1.29 is 14.3 Å². The van der Waals surface area contributed by atoms with E-state index in [9.17, 15) is 9.59 Å². The number of amides is 2. The van der Waals surface area contributed by atoms with Crippen LogP contribution in [-0.2, 0) is 11.4 Å². The van der Waals surface area contributed by atoms with Gasteiger partial charge in [0.15, 0.2) is 0 Å². The van der Waals surface area contributed by atoms with E-state index in [1.807, 2.05) is 41.9 Å². The van der Waals surface area contributed by atoms with Gasteiger partial charge in [0.2, 0.25) is 5.91 Å². The molecule has 0 saturated carbocycles. The van der Waals surface area contributed by atoms with Crippen LogP contribution in [-0.4, -0.2) is 39.2 Å². The molecule has 150 valence electrons. The molecular weight excluding hydrogens is 368 g/mol. The molecule has 1 fully saturated rings. The van der Waals surface area contributed by atoms with Gasteiger partial charge in [-0.3, -0.25) is 9.59 Å². The maximum Gasteiger partial charge on any atom is 0.254 e. The number of nitrogens with two attached hydrogens (primary N) is 1. The molecule has 1 saturated heterocycles. The first kappa shape index (κ1) is 19.0. The van der Waals surface area contributed by atoms with Crippen molar-refractivity contribution in [1.82, 2.24) is 14.3 Å². The molecule has 0 bridgehead atoms. The fraction of sp³-hybridized carbons (Fsp3) is 0.318. The smallest absolute Gasteiger partial charge is 0.254 e. The van der Waals surface area contributed by atoms with Gasteiger partial charge in [-0.2, -0.15) is 0 Å². The predicted octanol–water partition coefficient (Wildman–Crippen LogP) is 2.56. The highest BCUT2D eigenvalue weighted by molar-refractivity contribution is 5.95. The van der Waals surface area contributed by atoms with Gasteiger partial charge >= 0.3 is 0 Å². The van der Waals surface area contributed by atoms with Gasteiger partial charge in [0.1, 0.15) is 18.0 Å². The lowest BCUT2D eigenvalue weighted by atomic mass is 9.97. The Labute approximate surface area is 169 Å². The van der Waals surface area contributed by atoms with Gasteiger partial charge in [0, 0.05) is 31.0 Å². The van der Waals surface area contributed by atoms with Crippen molar-refractivity contribution in [3.05, 3.63) is 65.6 Å². The second-order valence-corrected chi connectivity index (χ2v) is 7.51. The molecule has 1 aromatic carbocycles. The third kappa shape index (κ3) is 4.23. The van der Waals surface area contributed by atoms with E-state index < -0.39 is 0 Å². The second-order valence-electron chi connectivity index (χ2n) is 7.51. The van der Waals surface area contributed by atoms with E-state index in [4.69, 9.17) is 10.5 Å². The monoisotopic (exact) mass is 392 g/mol. The minimum atomic E-state index is -0.345. The summed E-state index contributed by atoms with van der Waals surface area (Å²) >= 11 is 0. The lowest BCUT2D eigenvalue weighted by molar-refractivity contribution is -0.123. The molecule has 29 heavy (non-hydrogen) atoms. The van der Waals surface area contributed by atoms with Crippen molar-refractivity contribution >= 4 is 17.5 Å². The van der Waals surface area contributed by atoms with E-state index >= 15 is 0 Å². The third-order valence-electron chi connectivity index (χ3n) is 5.23. The third-order valence-corrected chi connectivity index (χ3v) is 5.23. The second kappa shape index (κ2) is 7.95. The molecule has 1 unspecified atom stereocenters. The number of imidazole rings is 1. The van der Waals surface area contributed by atoms with Gasteiger partial charge in [0.05, 0.1) is 11.6 Å². The Balaban J connectivity index is 1.43. The predicted molar refractivity (Wildman–Crippen MR) is 109 cm³/mol. The number of benzene rings is 1. The lowest BCUT2D eigenvalue weighted by Crippen LogP contribution is -2.44. The molecule has 1 aliphatic heterocycles. The molecule has 7 heteroatoms. The summed E-state index contributed by atoms with van der Waals surface area (Å²) in [7, 11) is 0. The highest BCUT2D eigenvalue weighted by atomic mass is 16.5. The molecule has 2 amide bonds. The van der Waals surface area contributed by atoms with Crippen LogP contribution in [0.25, 0.3) is 5.65 Å². The summed E-state index contributed by atoms with van der Waals surface area (Å²) < 4.78 is 7.84. The minimum Gasteiger partial charge on any atom is -0.487 e. The number of piperidine rings is 1. The summed E-state index contributed by atoms with van der Waals surface area (Å²) in [4.78, 5) is 30.6. The molecule has 0 radical (unpaired) electrons. The molecule has 1 atom stereocenters. The van der Waals surface area contributed by atoms with Gasteiger partial charge in [-0.05, 0) is 49.6 Å². The van der Waals surface area contributed by atoms with Gasteiger partial charge in [0.25, 0.3) is 5.91 Å². The van der Waals surface area contributed by atoms with Gasteiger partial charge in [-0.15, -0.1) is 0 Å². The molecule has 3 aromatic rings. The number of hydrogen-bond acceptors (Lipinski definition) is 4. The zero-order valence-electron chi connectivity index (χ0n) is 16.4. The number of nitrogens with zero attached hydrogens (tertiary/aromatic N) is 3. The van der Waals surface area contributed by atoms with Crippen molar-refractivity contribution in [2.75, 3.05) is 13.1 Å². The molecule has 0 spiro atoms. The van der Waals surface area contributed by atoms with E-state index in [2.05, 4.69) is 4.98 Å². The largest absolute Gasteiger partial charge is 0.487 e. The summed E-state index contributed by atoms with van der Waals surface area (Å²) in [6, 6.07) is 11.1. The Morgan fingerprint density at radius 2 is 2.10 bits per heavy atom. The first-order chi connectivity index (χ1) is 14.0. The fourth-order valence-electron chi connectivity index (χ4n) is 3.68.